The number of benzene rings is 1. The van der Waals surface area contributed by atoms with Gasteiger partial charge in [-0.2, -0.15) is 0 Å². The van der Waals surface area contributed by atoms with Crippen molar-refractivity contribution < 1.29 is 4.74 Å². The molecular formula is C11H17NO. The van der Waals surface area contributed by atoms with Gasteiger partial charge in [0.25, 0.3) is 0 Å². The van der Waals surface area contributed by atoms with E-state index < -0.39 is 0 Å². The van der Waals surface area contributed by atoms with Crippen molar-refractivity contribution in [3.05, 3.63) is 28.8 Å². The summed E-state index contributed by atoms with van der Waals surface area (Å²) in [5.74, 6) is 0.957. The van der Waals surface area contributed by atoms with Gasteiger partial charge in [0.2, 0.25) is 0 Å². The third-order valence-corrected chi connectivity index (χ3v) is 2.48. The second-order valence-electron chi connectivity index (χ2n) is 3.22. The summed E-state index contributed by atoms with van der Waals surface area (Å²) < 4.78 is 5.23. The Morgan fingerprint density at radius 1 is 1.23 bits per heavy atom. The lowest BCUT2D eigenvalue weighted by Crippen LogP contribution is -2.05. The van der Waals surface area contributed by atoms with Gasteiger partial charge in [-0.25, -0.2) is 0 Å². The second kappa shape index (κ2) is 4.28. The van der Waals surface area contributed by atoms with E-state index in [4.69, 9.17) is 10.5 Å². The number of nitrogens with two attached hydrogens (primary N) is 1. The minimum Gasteiger partial charge on any atom is -0.496 e. The molecule has 0 bridgehead atoms. The van der Waals surface area contributed by atoms with Crippen LogP contribution in [0, 0.1) is 13.8 Å². The lowest BCUT2D eigenvalue weighted by molar-refractivity contribution is 0.411. The molecule has 0 spiro atoms. The summed E-state index contributed by atoms with van der Waals surface area (Å²) in [5, 5.41) is 0. The van der Waals surface area contributed by atoms with E-state index in [9.17, 15) is 0 Å². The second-order valence-corrected chi connectivity index (χ2v) is 3.22. The third kappa shape index (κ3) is 2.01. The molecular weight excluding hydrogens is 162 g/mol. The smallest absolute Gasteiger partial charge is 0.122 e. The normalized spacial score (nSPS) is 10.2. The molecule has 0 aromatic heterocycles. The minimum atomic E-state index is 0.701. The standard InChI is InChI=1S/C11H17NO/c1-8-9(2)11(13-3)5-4-10(8)6-7-12/h4-5H,6-7,12H2,1-3H3. The fraction of sp³-hybridized carbons (Fsp3) is 0.455. The van der Waals surface area contributed by atoms with Gasteiger partial charge in [-0.3, -0.25) is 0 Å². The molecule has 1 rings (SSSR count). The summed E-state index contributed by atoms with van der Waals surface area (Å²) in [6.45, 7) is 4.89. The summed E-state index contributed by atoms with van der Waals surface area (Å²) in [5.41, 5.74) is 9.35. The zero-order valence-corrected chi connectivity index (χ0v) is 8.55. The van der Waals surface area contributed by atoms with Crippen LogP contribution in [-0.2, 0) is 6.42 Å². The van der Waals surface area contributed by atoms with Crippen LogP contribution < -0.4 is 10.5 Å². The van der Waals surface area contributed by atoms with Gasteiger partial charge in [0.05, 0.1) is 7.11 Å². The van der Waals surface area contributed by atoms with Crippen LogP contribution in [0.5, 0.6) is 5.75 Å². The van der Waals surface area contributed by atoms with Crippen LogP contribution in [-0.4, -0.2) is 13.7 Å². The largest absolute Gasteiger partial charge is 0.496 e. The van der Waals surface area contributed by atoms with E-state index in [1.54, 1.807) is 7.11 Å². The molecule has 1 aromatic carbocycles. The van der Waals surface area contributed by atoms with E-state index in [-0.39, 0.29) is 0 Å². The molecule has 13 heavy (non-hydrogen) atoms. The first-order valence-electron chi connectivity index (χ1n) is 4.53. The summed E-state index contributed by atoms with van der Waals surface area (Å²) >= 11 is 0. The Balaban J connectivity index is 3.07. The highest BCUT2D eigenvalue weighted by atomic mass is 16.5. The average molecular weight is 179 g/mol. The van der Waals surface area contributed by atoms with E-state index in [1.807, 2.05) is 6.07 Å². The zero-order valence-electron chi connectivity index (χ0n) is 8.55. The van der Waals surface area contributed by atoms with Crippen molar-refractivity contribution in [1.82, 2.24) is 0 Å². The average Bonchev–Trinajstić information content (AvgIpc) is 2.14. The maximum Gasteiger partial charge on any atom is 0.122 e. The Morgan fingerprint density at radius 3 is 2.46 bits per heavy atom. The van der Waals surface area contributed by atoms with Crippen molar-refractivity contribution in [2.75, 3.05) is 13.7 Å². The minimum absolute atomic E-state index is 0.701. The Hall–Kier alpha value is -1.02. The highest BCUT2D eigenvalue weighted by molar-refractivity contribution is 5.43. The number of hydrogen-bond donors (Lipinski definition) is 1. The fourth-order valence-corrected chi connectivity index (χ4v) is 1.50. The summed E-state index contributed by atoms with van der Waals surface area (Å²) in [6, 6.07) is 4.10. The summed E-state index contributed by atoms with van der Waals surface area (Å²) in [4.78, 5) is 0. The third-order valence-electron chi connectivity index (χ3n) is 2.48. The fourth-order valence-electron chi connectivity index (χ4n) is 1.50. The molecule has 72 valence electrons. The highest BCUT2D eigenvalue weighted by Gasteiger charge is 2.05. The molecule has 0 aliphatic heterocycles. The van der Waals surface area contributed by atoms with Gasteiger partial charge in [-0.1, -0.05) is 6.07 Å². The molecule has 0 aliphatic rings. The summed E-state index contributed by atoms with van der Waals surface area (Å²) in [7, 11) is 1.70. The van der Waals surface area contributed by atoms with Gasteiger partial charge in [0.15, 0.2) is 0 Å². The van der Waals surface area contributed by atoms with E-state index in [2.05, 4.69) is 19.9 Å². The van der Waals surface area contributed by atoms with Gasteiger partial charge in [-0.05, 0) is 49.6 Å². The van der Waals surface area contributed by atoms with Crippen LogP contribution in [0.1, 0.15) is 16.7 Å². The number of ether oxygens (including phenoxy) is 1. The molecule has 0 saturated carbocycles. The van der Waals surface area contributed by atoms with Gasteiger partial charge in [0, 0.05) is 0 Å². The quantitative estimate of drug-likeness (QED) is 0.768. The molecule has 0 radical (unpaired) electrons. The van der Waals surface area contributed by atoms with Crippen molar-refractivity contribution >= 4 is 0 Å². The molecule has 2 nitrogen and oxygen atoms in total. The first-order valence-corrected chi connectivity index (χ1v) is 4.53. The molecule has 2 N–H and O–H groups in total. The molecule has 0 atom stereocenters. The Bertz CT molecular complexity index is 294. The van der Waals surface area contributed by atoms with E-state index >= 15 is 0 Å². The monoisotopic (exact) mass is 179 g/mol. The van der Waals surface area contributed by atoms with Crippen molar-refractivity contribution in [3.63, 3.8) is 0 Å². The summed E-state index contributed by atoms with van der Waals surface area (Å²) in [6.07, 6.45) is 0.941. The van der Waals surface area contributed by atoms with Crippen LogP contribution >= 0.6 is 0 Å². The molecule has 0 aliphatic carbocycles. The zero-order chi connectivity index (χ0) is 9.84. The molecule has 0 unspecified atom stereocenters. The van der Waals surface area contributed by atoms with E-state index in [0.29, 0.717) is 6.54 Å². The first kappa shape index (κ1) is 10.1. The molecule has 0 heterocycles. The number of rotatable bonds is 3. The predicted octanol–water partition coefficient (Wildman–Crippen LogP) is 1.81. The number of hydrogen-bond acceptors (Lipinski definition) is 2. The van der Waals surface area contributed by atoms with Crippen molar-refractivity contribution in [2.24, 2.45) is 5.73 Å². The predicted molar refractivity (Wildman–Crippen MR) is 55.2 cm³/mol. The number of methoxy groups -OCH3 is 1. The van der Waals surface area contributed by atoms with Crippen LogP contribution in [0.4, 0.5) is 0 Å². The van der Waals surface area contributed by atoms with Crippen molar-refractivity contribution in [3.8, 4) is 5.75 Å². The molecule has 0 amide bonds. The van der Waals surface area contributed by atoms with Gasteiger partial charge in [-0.15, -0.1) is 0 Å². The Kier molecular flexibility index (Phi) is 3.32. The lowest BCUT2D eigenvalue weighted by atomic mass is 10.0. The van der Waals surface area contributed by atoms with Gasteiger partial charge >= 0.3 is 0 Å². The van der Waals surface area contributed by atoms with Crippen LogP contribution in [0.3, 0.4) is 0 Å². The molecule has 0 fully saturated rings. The SMILES string of the molecule is COc1ccc(CCN)c(C)c1C. The Morgan fingerprint density at radius 2 is 1.92 bits per heavy atom. The van der Waals surface area contributed by atoms with E-state index in [0.717, 1.165) is 12.2 Å². The van der Waals surface area contributed by atoms with Crippen molar-refractivity contribution in [1.29, 1.82) is 0 Å². The molecule has 2 heteroatoms. The lowest BCUT2D eigenvalue weighted by Gasteiger charge is -2.11. The van der Waals surface area contributed by atoms with E-state index in [1.165, 1.54) is 16.7 Å². The van der Waals surface area contributed by atoms with Crippen LogP contribution in [0.25, 0.3) is 0 Å². The topological polar surface area (TPSA) is 35.2 Å². The molecule has 0 saturated heterocycles. The maximum absolute atomic E-state index is 5.52. The highest BCUT2D eigenvalue weighted by Crippen LogP contribution is 2.23. The van der Waals surface area contributed by atoms with Crippen LogP contribution in [0.2, 0.25) is 0 Å². The van der Waals surface area contributed by atoms with Gasteiger partial charge < -0.3 is 10.5 Å². The first-order chi connectivity index (χ1) is 6.20. The maximum atomic E-state index is 5.52. The van der Waals surface area contributed by atoms with Gasteiger partial charge in [0.1, 0.15) is 5.75 Å². The van der Waals surface area contributed by atoms with Crippen molar-refractivity contribution in [2.45, 2.75) is 20.3 Å². The molecule has 1 aromatic rings. The Labute approximate surface area is 79.7 Å². The van der Waals surface area contributed by atoms with Crippen LogP contribution in [0.15, 0.2) is 12.1 Å².